The number of benzene rings is 2. The highest BCUT2D eigenvalue weighted by molar-refractivity contribution is 8.04. The van der Waals surface area contributed by atoms with Crippen LogP contribution >= 0.6 is 11.8 Å². The number of carbonyl (C=O) groups is 1. The van der Waals surface area contributed by atoms with Crippen molar-refractivity contribution in [2.75, 3.05) is 31.2 Å². The van der Waals surface area contributed by atoms with Crippen LogP contribution in [0.3, 0.4) is 0 Å². The first-order valence-electron chi connectivity index (χ1n) is 9.85. The number of ketones is 1. The van der Waals surface area contributed by atoms with Gasteiger partial charge in [0.25, 0.3) is 5.69 Å². The highest BCUT2D eigenvalue weighted by Gasteiger charge is 2.26. The summed E-state index contributed by atoms with van der Waals surface area (Å²) in [5.74, 6) is 1.02. The molecule has 0 amide bonds. The molecule has 0 saturated carbocycles. The predicted molar refractivity (Wildman–Crippen MR) is 118 cm³/mol. The minimum absolute atomic E-state index is 0.000268. The highest BCUT2D eigenvalue weighted by Crippen LogP contribution is 2.41. The fourth-order valence-corrected chi connectivity index (χ4v) is 4.79. The molecule has 1 aromatic heterocycles. The quantitative estimate of drug-likeness (QED) is 0.324. The van der Waals surface area contributed by atoms with Gasteiger partial charge in [-0.25, -0.2) is 0 Å². The van der Waals surface area contributed by atoms with Crippen LogP contribution in [0.2, 0.25) is 0 Å². The van der Waals surface area contributed by atoms with Crippen LogP contribution in [0.5, 0.6) is 0 Å². The maximum Gasteiger partial charge on any atom is 0.270 e. The van der Waals surface area contributed by atoms with Gasteiger partial charge in [-0.3, -0.25) is 14.9 Å². The summed E-state index contributed by atoms with van der Waals surface area (Å²) in [6.45, 7) is 2.61. The Morgan fingerprint density at radius 1 is 1.03 bits per heavy atom. The van der Waals surface area contributed by atoms with Gasteiger partial charge in [0.15, 0.2) is 0 Å². The fraction of sp³-hybridized carbons (Fsp3) is 0.174. The van der Waals surface area contributed by atoms with E-state index in [4.69, 9.17) is 9.15 Å². The van der Waals surface area contributed by atoms with Gasteiger partial charge in [0.2, 0.25) is 5.78 Å². The monoisotopic (exact) mass is 434 g/mol. The molecule has 7 nitrogen and oxygen atoms in total. The molecule has 31 heavy (non-hydrogen) atoms. The van der Waals surface area contributed by atoms with Crippen LogP contribution in [-0.2, 0) is 4.74 Å². The molecule has 8 heteroatoms. The van der Waals surface area contributed by atoms with Gasteiger partial charge in [-0.2, -0.15) is 0 Å². The molecule has 0 bridgehead atoms. The molecule has 0 aliphatic carbocycles. The van der Waals surface area contributed by atoms with Gasteiger partial charge in [-0.05, 0) is 36.4 Å². The molecule has 3 aromatic rings. The van der Waals surface area contributed by atoms with E-state index < -0.39 is 4.92 Å². The third kappa shape index (κ3) is 3.75. The lowest BCUT2D eigenvalue weighted by Gasteiger charge is -2.30. The fourth-order valence-electron chi connectivity index (χ4n) is 3.76. The third-order valence-corrected chi connectivity index (χ3v) is 6.38. The van der Waals surface area contributed by atoms with E-state index in [1.54, 1.807) is 24.3 Å². The zero-order valence-corrected chi connectivity index (χ0v) is 17.3. The second-order valence-corrected chi connectivity index (χ2v) is 8.28. The van der Waals surface area contributed by atoms with Gasteiger partial charge in [0.05, 0.1) is 23.0 Å². The van der Waals surface area contributed by atoms with Crippen LogP contribution in [0.4, 0.5) is 11.4 Å². The van der Waals surface area contributed by atoms with E-state index in [2.05, 4.69) is 4.90 Å². The van der Waals surface area contributed by atoms with Gasteiger partial charge in [-0.1, -0.05) is 23.9 Å². The van der Waals surface area contributed by atoms with Crippen molar-refractivity contribution in [2.45, 2.75) is 4.90 Å². The SMILES string of the molecule is O=C1C(=Cc2ccc(-c3cc([N+](=O)[O-])ccc3N3CCOCC3)o2)Sc2ccccc21. The molecule has 0 atom stereocenters. The summed E-state index contributed by atoms with van der Waals surface area (Å²) in [5, 5.41) is 11.3. The summed E-state index contributed by atoms with van der Waals surface area (Å²) < 4.78 is 11.5. The second kappa shape index (κ2) is 8.05. The number of nitro groups is 1. The van der Waals surface area contributed by atoms with Crippen LogP contribution in [0.15, 0.2) is 68.8 Å². The highest BCUT2D eigenvalue weighted by atomic mass is 32.2. The Balaban J connectivity index is 1.50. The molecule has 2 aliphatic heterocycles. The van der Waals surface area contributed by atoms with Crippen LogP contribution < -0.4 is 4.90 Å². The number of fused-ring (bicyclic) bond motifs is 1. The number of Topliss-reactive ketones (excluding diaryl/α,β-unsaturated/α-hetero) is 1. The minimum atomic E-state index is -0.413. The number of anilines is 1. The van der Waals surface area contributed by atoms with E-state index in [9.17, 15) is 14.9 Å². The zero-order chi connectivity index (χ0) is 21.4. The Morgan fingerprint density at radius 3 is 2.61 bits per heavy atom. The van der Waals surface area contributed by atoms with Crippen LogP contribution in [0, 0.1) is 10.1 Å². The number of non-ortho nitro benzene ring substituents is 1. The first kappa shape index (κ1) is 19.6. The van der Waals surface area contributed by atoms with E-state index in [1.807, 2.05) is 24.3 Å². The van der Waals surface area contributed by atoms with E-state index >= 15 is 0 Å². The van der Waals surface area contributed by atoms with Gasteiger partial charge >= 0.3 is 0 Å². The first-order chi connectivity index (χ1) is 15.1. The number of allylic oxidation sites excluding steroid dienone is 1. The number of thioether (sulfide) groups is 1. The number of hydrogen-bond donors (Lipinski definition) is 0. The van der Waals surface area contributed by atoms with Crippen molar-refractivity contribution in [3.05, 3.63) is 80.9 Å². The first-order valence-corrected chi connectivity index (χ1v) is 10.7. The van der Waals surface area contributed by atoms with Crippen LogP contribution in [-0.4, -0.2) is 37.0 Å². The molecule has 1 fully saturated rings. The molecule has 2 aliphatic rings. The number of ether oxygens (including phenoxy) is 1. The molecular weight excluding hydrogens is 416 g/mol. The van der Waals surface area contributed by atoms with E-state index in [0.29, 0.717) is 53.9 Å². The number of morpholine rings is 1. The molecule has 5 rings (SSSR count). The zero-order valence-electron chi connectivity index (χ0n) is 16.4. The molecule has 0 N–H and O–H groups in total. The number of hydrogen-bond acceptors (Lipinski definition) is 7. The number of nitrogens with zero attached hydrogens (tertiary/aromatic N) is 2. The normalized spacial score (nSPS) is 17.2. The summed E-state index contributed by atoms with van der Waals surface area (Å²) in [5.41, 5.74) is 2.20. The standard InChI is InChI=1S/C23H18N2O5S/c26-23-17-3-1-2-4-21(17)31-22(23)14-16-6-8-20(30-16)18-13-15(25(27)28)5-7-19(18)24-9-11-29-12-10-24/h1-8,13-14H,9-12H2. The van der Waals surface area contributed by atoms with Crippen molar-refractivity contribution >= 4 is 35.0 Å². The van der Waals surface area contributed by atoms with Gasteiger partial charge < -0.3 is 14.1 Å². The van der Waals surface area contributed by atoms with E-state index in [-0.39, 0.29) is 11.5 Å². The molecular formula is C23H18N2O5S. The number of carbonyl (C=O) groups excluding carboxylic acids is 1. The second-order valence-electron chi connectivity index (χ2n) is 7.20. The summed E-state index contributed by atoms with van der Waals surface area (Å²) in [6, 6.07) is 15.8. The predicted octanol–water partition coefficient (Wildman–Crippen LogP) is 5.02. The largest absolute Gasteiger partial charge is 0.457 e. The molecule has 3 heterocycles. The lowest BCUT2D eigenvalue weighted by Crippen LogP contribution is -2.36. The smallest absolute Gasteiger partial charge is 0.270 e. The van der Waals surface area contributed by atoms with E-state index in [0.717, 1.165) is 10.6 Å². The summed E-state index contributed by atoms with van der Waals surface area (Å²) in [7, 11) is 0. The molecule has 0 radical (unpaired) electrons. The average molecular weight is 434 g/mol. The topological polar surface area (TPSA) is 85.8 Å². The maximum atomic E-state index is 12.6. The molecule has 1 saturated heterocycles. The Morgan fingerprint density at radius 2 is 1.84 bits per heavy atom. The Kier molecular flexibility index (Phi) is 5.09. The van der Waals surface area contributed by atoms with Crippen molar-refractivity contribution in [3.63, 3.8) is 0 Å². The summed E-state index contributed by atoms with van der Waals surface area (Å²) in [6.07, 6.45) is 1.72. The van der Waals surface area contributed by atoms with Crippen molar-refractivity contribution in [3.8, 4) is 11.3 Å². The Hall–Kier alpha value is -3.36. The number of rotatable bonds is 4. The van der Waals surface area contributed by atoms with Crippen LogP contribution in [0.1, 0.15) is 16.1 Å². The average Bonchev–Trinajstić information content (AvgIpc) is 3.39. The van der Waals surface area contributed by atoms with Gasteiger partial charge in [0.1, 0.15) is 11.5 Å². The lowest BCUT2D eigenvalue weighted by molar-refractivity contribution is -0.384. The number of nitro benzene ring substituents is 1. The van der Waals surface area contributed by atoms with Gasteiger partial charge in [0, 0.05) is 46.9 Å². The van der Waals surface area contributed by atoms with Crippen molar-refractivity contribution in [1.82, 2.24) is 0 Å². The van der Waals surface area contributed by atoms with Crippen molar-refractivity contribution in [2.24, 2.45) is 0 Å². The van der Waals surface area contributed by atoms with E-state index in [1.165, 1.54) is 23.9 Å². The number of furan rings is 1. The van der Waals surface area contributed by atoms with Crippen molar-refractivity contribution < 1.29 is 18.9 Å². The summed E-state index contributed by atoms with van der Waals surface area (Å²) >= 11 is 1.42. The maximum absolute atomic E-state index is 12.6. The third-order valence-electron chi connectivity index (χ3n) is 5.28. The van der Waals surface area contributed by atoms with Crippen molar-refractivity contribution in [1.29, 1.82) is 0 Å². The minimum Gasteiger partial charge on any atom is -0.457 e. The van der Waals surface area contributed by atoms with Crippen LogP contribution in [0.25, 0.3) is 17.4 Å². The Labute approximate surface area is 182 Å². The molecule has 156 valence electrons. The summed E-state index contributed by atoms with van der Waals surface area (Å²) in [4.78, 5) is 27.2. The van der Waals surface area contributed by atoms with Gasteiger partial charge in [-0.15, -0.1) is 0 Å². The molecule has 0 unspecified atom stereocenters. The molecule has 2 aromatic carbocycles. The molecule has 0 spiro atoms. The Bertz CT molecular complexity index is 1210. The lowest BCUT2D eigenvalue weighted by atomic mass is 10.1.